The first-order valence-corrected chi connectivity index (χ1v) is 11.9. The molecule has 10 heteroatoms. The van der Waals surface area contributed by atoms with Crippen molar-refractivity contribution in [2.45, 2.75) is 39.0 Å². The molecule has 0 fully saturated rings. The largest absolute Gasteiger partial charge is 0.462 e. The van der Waals surface area contributed by atoms with E-state index in [9.17, 15) is 14.4 Å². The first-order chi connectivity index (χ1) is 16.4. The number of nitrogens with one attached hydrogen (secondary N) is 2. The summed E-state index contributed by atoms with van der Waals surface area (Å²) in [5, 5.41) is 14.6. The third-order valence-corrected chi connectivity index (χ3v) is 5.86. The Hall–Kier alpha value is -3.66. The Balaban J connectivity index is 1.57. The van der Waals surface area contributed by atoms with E-state index in [1.54, 1.807) is 37.3 Å². The van der Waals surface area contributed by atoms with E-state index in [0.29, 0.717) is 34.3 Å². The van der Waals surface area contributed by atoms with Gasteiger partial charge in [-0.1, -0.05) is 36.0 Å². The molecule has 34 heavy (non-hydrogen) atoms. The Morgan fingerprint density at radius 3 is 2.59 bits per heavy atom. The lowest BCUT2D eigenvalue weighted by molar-refractivity contribution is -0.113. The van der Waals surface area contributed by atoms with Crippen LogP contribution in [0.5, 0.6) is 0 Å². The molecule has 0 aliphatic rings. The molecular weight excluding hydrogens is 454 g/mol. The molecule has 2 aromatic carbocycles. The van der Waals surface area contributed by atoms with Crippen LogP contribution in [0, 0.1) is 6.92 Å². The first-order valence-electron chi connectivity index (χ1n) is 10.9. The molecule has 0 unspecified atom stereocenters. The van der Waals surface area contributed by atoms with Crippen LogP contribution < -0.4 is 10.6 Å². The molecule has 0 aliphatic carbocycles. The maximum Gasteiger partial charge on any atom is 0.338 e. The zero-order chi connectivity index (χ0) is 24.5. The van der Waals surface area contributed by atoms with Gasteiger partial charge in [0.1, 0.15) is 0 Å². The topological polar surface area (TPSA) is 115 Å². The van der Waals surface area contributed by atoms with Crippen LogP contribution in [-0.4, -0.2) is 44.9 Å². The maximum absolute atomic E-state index is 12.5. The number of ether oxygens (including phenoxy) is 1. The molecule has 1 heterocycles. The summed E-state index contributed by atoms with van der Waals surface area (Å²) in [6, 6.07) is 14.0. The van der Waals surface area contributed by atoms with Gasteiger partial charge in [-0.3, -0.25) is 9.59 Å². The number of anilines is 1. The molecule has 0 saturated carbocycles. The highest BCUT2D eigenvalue weighted by atomic mass is 32.2. The standard InChI is InChI=1S/C24H27N5O4S/c1-4-29-20(14-25-22(31)19-12-7-6-9-16(19)3)27-28-24(29)34-15-21(30)26-18-11-8-10-17(13-18)23(32)33-5-2/h6-13H,4-5,14-15H2,1-3H3,(H,25,31)(H,26,30). The van der Waals surface area contributed by atoms with E-state index >= 15 is 0 Å². The molecule has 2 amide bonds. The minimum Gasteiger partial charge on any atom is -0.462 e. The number of hydrogen-bond acceptors (Lipinski definition) is 7. The number of aryl methyl sites for hydroxylation is 1. The molecule has 3 aromatic rings. The third-order valence-electron chi connectivity index (χ3n) is 4.90. The van der Waals surface area contributed by atoms with E-state index in [1.807, 2.05) is 36.6 Å². The zero-order valence-electron chi connectivity index (χ0n) is 19.3. The minimum absolute atomic E-state index is 0.108. The molecule has 9 nitrogen and oxygen atoms in total. The Bertz CT molecular complexity index is 1180. The number of nitrogens with zero attached hydrogens (tertiary/aromatic N) is 3. The van der Waals surface area contributed by atoms with Crippen molar-refractivity contribution >= 4 is 35.2 Å². The SMILES string of the molecule is CCOC(=O)c1cccc(NC(=O)CSc2nnc(CNC(=O)c3ccccc3C)n2CC)c1. The second kappa shape index (κ2) is 12.0. The van der Waals surface area contributed by atoms with Gasteiger partial charge in [-0.05, 0) is 50.6 Å². The van der Waals surface area contributed by atoms with E-state index < -0.39 is 5.97 Å². The lowest BCUT2D eigenvalue weighted by atomic mass is 10.1. The number of esters is 1. The number of aromatic nitrogens is 3. The number of carbonyl (C=O) groups excluding carboxylic acids is 3. The summed E-state index contributed by atoms with van der Waals surface area (Å²) >= 11 is 1.24. The number of amides is 2. The van der Waals surface area contributed by atoms with Crippen LogP contribution in [0.2, 0.25) is 0 Å². The fourth-order valence-electron chi connectivity index (χ4n) is 3.22. The van der Waals surface area contributed by atoms with Gasteiger partial charge in [0.25, 0.3) is 5.91 Å². The van der Waals surface area contributed by atoms with E-state index in [4.69, 9.17) is 4.74 Å². The molecule has 178 valence electrons. The van der Waals surface area contributed by atoms with Crippen molar-refractivity contribution in [1.29, 1.82) is 0 Å². The Morgan fingerprint density at radius 2 is 1.85 bits per heavy atom. The van der Waals surface area contributed by atoms with Gasteiger partial charge in [0.15, 0.2) is 11.0 Å². The molecule has 0 saturated heterocycles. The summed E-state index contributed by atoms with van der Waals surface area (Å²) < 4.78 is 6.85. The number of benzene rings is 2. The molecular formula is C24H27N5O4S. The van der Waals surface area contributed by atoms with Crippen molar-refractivity contribution < 1.29 is 19.1 Å². The molecule has 1 aromatic heterocycles. The predicted octanol–water partition coefficient (Wildman–Crippen LogP) is 3.44. The van der Waals surface area contributed by atoms with Crippen LogP contribution in [0.15, 0.2) is 53.7 Å². The summed E-state index contributed by atoms with van der Waals surface area (Å²) in [5.74, 6) is -0.147. The summed E-state index contributed by atoms with van der Waals surface area (Å²) in [4.78, 5) is 36.8. The lowest BCUT2D eigenvalue weighted by Gasteiger charge is -2.10. The summed E-state index contributed by atoms with van der Waals surface area (Å²) in [6.07, 6.45) is 0. The quantitative estimate of drug-likeness (QED) is 0.337. The zero-order valence-corrected chi connectivity index (χ0v) is 20.1. The Morgan fingerprint density at radius 1 is 1.06 bits per heavy atom. The molecule has 0 spiro atoms. The van der Waals surface area contributed by atoms with Crippen molar-refractivity contribution in [3.05, 3.63) is 71.0 Å². The second-order valence-electron chi connectivity index (χ2n) is 7.28. The lowest BCUT2D eigenvalue weighted by Crippen LogP contribution is -2.25. The second-order valence-corrected chi connectivity index (χ2v) is 8.22. The van der Waals surface area contributed by atoms with Crippen molar-refractivity contribution in [1.82, 2.24) is 20.1 Å². The van der Waals surface area contributed by atoms with Gasteiger partial charge in [-0.15, -0.1) is 10.2 Å². The molecule has 0 atom stereocenters. The Kier molecular flexibility index (Phi) is 8.80. The monoisotopic (exact) mass is 481 g/mol. The van der Waals surface area contributed by atoms with Gasteiger partial charge >= 0.3 is 5.97 Å². The molecule has 3 rings (SSSR count). The van der Waals surface area contributed by atoms with Crippen LogP contribution >= 0.6 is 11.8 Å². The summed E-state index contributed by atoms with van der Waals surface area (Å²) in [7, 11) is 0. The van der Waals surface area contributed by atoms with Crippen LogP contribution in [0.3, 0.4) is 0 Å². The highest BCUT2D eigenvalue weighted by Gasteiger charge is 2.15. The molecule has 0 bridgehead atoms. The van der Waals surface area contributed by atoms with Crippen LogP contribution in [0.4, 0.5) is 5.69 Å². The van der Waals surface area contributed by atoms with E-state index in [0.717, 1.165) is 5.56 Å². The van der Waals surface area contributed by atoms with Crippen LogP contribution in [-0.2, 0) is 22.6 Å². The molecule has 0 aliphatic heterocycles. The average Bonchev–Trinajstić information content (AvgIpc) is 3.23. The smallest absolute Gasteiger partial charge is 0.338 e. The van der Waals surface area contributed by atoms with Crippen molar-refractivity contribution in [2.75, 3.05) is 17.7 Å². The van der Waals surface area contributed by atoms with Gasteiger partial charge in [0.2, 0.25) is 5.91 Å². The molecule has 2 N–H and O–H groups in total. The number of rotatable bonds is 10. The summed E-state index contributed by atoms with van der Waals surface area (Å²) in [6.45, 7) is 6.66. The first kappa shape index (κ1) is 25.0. The minimum atomic E-state index is -0.439. The van der Waals surface area contributed by atoms with Crippen LogP contribution in [0.1, 0.15) is 46.0 Å². The maximum atomic E-state index is 12.5. The van der Waals surface area contributed by atoms with E-state index in [1.165, 1.54) is 11.8 Å². The number of thioether (sulfide) groups is 1. The van der Waals surface area contributed by atoms with Crippen molar-refractivity contribution in [2.24, 2.45) is 0 Å². The van der Waals surface area contributed by atoms with Crippen LogP contribution in [0.25, 0.3) is 0 Å². The fourth-order valence-corrected chi connectivity index (χ4v) is 4.04. The number of hydrogen-bond donors (Lipinski definition) is 2. The normalized spacial score (nSPS) is 10.6. The summed E-state index contributed by atoms with van der Waals surface area (Å²) in [5.41, 5.74) is 2.39. The highest BCUT2D eigenvalue weighted by molar-refractivity contribution is 7.99. The van der Waals surface area contributed by atoms with Gasteiger partial charge in [0.05, 0.1) is 24.5 Å². The number of carbonyl (C=O) groups is 3. The average molecular weight is 482 g/mol. The van der Waals surface area contributed by atoms with Gasteiger partial charge in [-0.2, -0.15) is 0 Å². The van der Waals surface area contributed by atoms with E-state index in [-0.39, 0.29) is 30.7 Å². The van der Waals surface area contributed by atoms with Crippen molar-refractivity contribution in [3.63, 3.8) is 0 Å². The van der Waals surface area contributed by atoms with Gasteiger partial charge in [-0.25, -0.2) is 4.79 Å². The Labute approximate surface area is 202 Å². The van der Waals surface area contributed by atoms with Crippen molar-refractivity contribution in [3.8, 4) is 0 Å². The molecule has 0 radical (unpaired) electrons. The van der Waals surface area contributed by atoms with E-state index in [2.05, 4.69) is 20.8 Å². The fraction of sp³-hybridized carbons (Fsp3) is 0.292. The highest BCUT2D eigenvalue weighted by Crippen LogP contribution is 2.19. The van der Waals surface area contributed by atoms with Gasteiger partial charge in [0, 0.05) is 17.8 Å². The predicted molar refractivity (Wildman–Crippen MR) is 130 cm³/mol. The van der Waals surface area contributed by atoms with Gasteiger partial charge < -0.3 is 19.9 Å². The third kappa shape index (κ3) is 6.44.